The molecule has 21 heavy (non-hydrogen) atoms. The van der Waals surface area contributed by atoms with Crippen LogP contribution in [0.5, 0.6) is 0 Å². The molecule has 3 heteroatoms. The van der Waals surface area contributed by atoms with Crippen molar-refractivity contribution in [1.29, 1.82) is 0 Å². The van der Waals surface area contributed by atoms with E-state index in [-0.39, 0.29) is 6.04 Å². The number of fused-ring (bicyclic) bond motifs is 1. The summed E-state index contributed by atoms with van der Waals surface area (Å²) in [5.74, 6) is 0.868. The fourth-order valence-corrected chi connectivity index (χ4v) is 4.60. The molecule has 2 aliphatic rings. The minimum atomic E-state index is 0.175. The number of hydrogen-bond acceptors (Lipinski definition) is 2. The maximum Gasteiger partial charge on any atom is 0.0642 e. The zero-order valence-electron chi connectivity index (χ0n) is 13.0. The van der Waals surface area contributed by atoms with Crippen molar-refractivity contribution in [1.82, 2.24) is 0 Å². The molecular formula is C18H27ClN2. The summed E-state index contributed by atoms with van der Waals surface area (Å²) in [7, 11) is 0. The van der Waals surface area contributed by atoms with Crippen LogP contribution in [0.25, 0.3) is 0 Å². The average molecular weight is 307 g/mol. The number of benzene rings is 1. The molecule has 1 aromatic carbocycles. The van der Waals surface area contributed by atoms with Crippen LogP contribution in [0.4, 0.5) is 5.69 Å². The molecule has 1 saturated heterocycles. The van der Waals surface area contributed by atoms with Crippen LogP contribution >= 0.6 is 11.6 Å². The molecule has 1 aliphatic heterocycles. The van der Waals surface area contributed by atoms with Crippen molar-refractivity contribution in [2.75, 3.05) is 11.4 Å². The molecule has 3 atom stereocenters. The fraction of sp³-hybridized carbons (Fsp3) is 0.667. The van der Waals surface area contributed by atoms with Crippen LogP contribution in [0, 0.1) is 5.92 Å². The van der Waals surface area contributed by atoms with Crippen molar-refractivity contribution in [2.24, 2.45) is 11.7 Å². The van der Waals surface area contributed by atoms with Gasteiger partial charge in [-0.1, -0.05) is 36.6 Å². The zero-order chi connectivity index (χ0) is 14.8. The molecule has 0 spiro atoms. The van der Waals surface area contributed by atoms with E-state index in [1.165, 1.54) is 49.8 Å². The number of para-hydroxylation sites is 1. The van der Waals surface area contributed by atoms with E-state index in [0.29, 0.717) is 6.04 Å². The lowest BCUT2D eigenvalue weighted by Crippen LogP contribution is -2.47. The topological polar surface area (TPSA) is 29.3 Å². The molecule has 0 bridgehead atoms. The first kappa shape index (κ1) is 15.2. The van der Waals surface area contributed by atoms with Crippen molar-refractivity contribution >= 4 is 17.3 Å². The van der Waals surface area contributed by atoms with Crippen molar-refractivity contribution in [2.45, 2.75) is 64.0 Å². The van der Waals surface area contributed by atoms with Crippen LogP contribution in [0.15, 0.2) is 18.2 Å². The Balaban J connectivity index is 1.94. The zero-order valence-corrected chi connectivity index (χ0v) is 13.8. The Morgan fingerprint density at radius 3 is 2.81 bits per heavy atom. The van der Waals surface area contributed by atoms with Gasteiger partial charge in [-0.3, -0.25) is 0 Å². The molecule has 1 aliphatic carbocycles. The molecule has 2 N–H and O–H groups in total. The Labute approximate surface area is 133 Å². The Bertz CT molecular complexity index is 484. The molecule has 0 radical (unpaired) electrons. The SMILES string of the molecule is CC(N)Cc1cccc(Cl)c1N1CCC[C@H]2CCCC[C@H]21. The summed E-state index contributed by atoms with van der Waals surface area (Å²) in [5.41, 5.74) is 8.64. The third-order valence-corrected chi connectivity index (χ3v) is 5.45. The van der Waals surface area contributed by atoms with E-state index in [0.717, 1.165) is 23.9 Å². The minimum absolute atomic E-state index is 0.175. The summed E-state index contributed by atoms with van der Waals surface area (Å²) >= 11 is 6.59. The maximum atomic E-state index is 6.59. The summed E-state index contributed by atoms with van der Waals surface area (Å²) in [4.78, 5) is 2.62. The van der Waals surface area contributed by atoms with Gasteiger partial charge in [0.1, 0.15) is 0 Å². The Morgan fingerprint density at radius 1 is 1.24 bits per heavy atom. The molecule has 2 nitrogen and oxygen atoms in total. The highest BCUT2D eigenvalue weighted by molar-refractivity contribution is 6.33. The maximum absolute atomic E-state index is 6.59. The smallest absolute Gasteiger partial charge is 0.0642 e. The standard InChI is InChI=1S/C18H27ClN2/c1-13(20)12-15-7-4-9-16(19)18(15)21-11-5-8-14-6-2-3-10-17(14)21/h4,7,9,13-14,17H,2-3,5-6,8,10-12,20H2,1H3/t13?,14-,17-/m1/s1. The molecule has 1 unspecified atom stereocenters. The van der Waals surface area contributed by atoms with Gasteiger partial charge in [0.2, 0.25) is 0 Å². The van der Waals surface area contributed by atoms with Crippen LogP contribution in [0.1, 0.15) is 51.0 Å². The quantitative estimate of drug-likeness (QED) is 0.897. The number of anilines is 1. The van der Waals surface area contributed by atoms with E-state index in [1.54, 1.807) is 0 Å². The third kappa shape index (κ3) is 3.22. The molecule has 1 aromatic rings. The Hall–Kier alpha value is -0.730. The van der Waals surface area contributed by atoms with Gasteiger partial charge in [-0.25, -0.2) is 0 Å². The molecule has 3 rings (SSSR count). The van der Waals surface area contributed by atoms with Gasteiger partial charge < -0.3 is 10.6 Å². The molecule has 116 valence electrons. The summed E-state index contributed by atoms with van der Waals surface area (Å²) in [6, 6.07) is 7.17. The molecule has 2 fully saturated rings. The summed E-state index contributed by atoms with van der Waals surface area (Å²) in [5, 5.41) is 0.902. The van der Waals surface area contributed by atoms with E-state index >= 15 is 0 Å². The van der Waals surface area contributed by atoms with Gasteiger partial charge in [0, 0.05) is 18.6 Å². The lowest BCUT2D eigenvalue weighted by molar-refractivity contribution is 0.243. The second-order valence-corrected chi connectivity index (χ2v) is 7.28. The van der Waals surface area contributed by atoms with Crippen LogP contribution in [0.2, 0.25) is 5.02 Å². The summed E-state index contributed by atoms with van der Waals surface area (Å²) in [6.45, 7) is 3.22. The minimum Gasteiger partial charge on any atom is -0.367 e. The second-order valence-electron chi connectivity index (χ2n) is 6.88. The third-order valence-electron chi connectivity index (χ3n) is 5.14. The van der Waals surface area contributed by atoms with Gasteiger partial charge >= 0.3 is 0 Å². The lowest BCUT2D eigenvalue weighted by atomic mass is 9.78. The number of piperidine rings is 1. The molecular weight excluding hydrogens is 280 g/mol. The Kier molecular flexibility index (Phi) is 4.75. The van der Waals surface area contributed by atoms with Gasteiger partial charge in [0.05, 0.1) is 10.7 Å². The molecule has 0 aromatic heterocycles. The van der Waals surface area contributed by atoms with Crippen molar-refractivity contribution < 1.29 is 0 Å². The van der Waals surface area contributed by atoms with Crippen molar-refractivity contribution in [3.8, 4) is 0 Å². The van der Waals surface area contributed by atoms with E-state index < -0.39 is 0 Å². The summed E-state index contributed by atoms with van der Waals surface area (Å²) in [6.07, 6.45) is 9.10. The number of nitrogens with zero attached hydrogens (tertiary/aromatic N) is 1. The van der Waals surface area contributed by atoms with Crippen LogP contribution in [-0.2, 0) is 6.42 Å². The van der Waals surface area contributed by atoms with Crippen LogP contribution in [0.3, 0.4) is 0 Å². The van der Waals surface area contributed by atoms with Gasteiger partial charge in [-0.05, 0) is 56.6 Å². The van der Waals surface area contributed by atoms with Crippen molar-refractivity contribution in [3.63, 3.8) is 0 Å². The first-order chi connectivity index (χ1) is 10.2. The number of hydrogen-bond donors (Lipinski definition) is 1. The van der Waals surface area contributed by atoms with Crippen LogP contribution in [-0.4, -0.2) is 18.6 Å². The number of halogens is 1. The lowest BCUT2D eigenvalue weighted by Gasteiger charge is -2.46. The highest BCUT2D eigenvalue weighted by Crippen LogP contribution is 2.41. The van der Waals surface area contributed by atoms with Gasteiger partial charge in [-0.15, -0.1) is 0 Å². The van der Waals surface area contributed by atoms with Crippen molar-refractivity contribution in [3.05, 3.63) is 28.8 Å². The molecule has 1 heterocycles. The van der Waals surface area contributed by atoms with E-state index in [2.05, 4.69) is 24.0 Å². The average Bonchev–Trinajstić information content (AvgIpc) is 2.47. The number of nitrogens with two attached hydrogens (primary N) is 1. The predicted octanol–water partition coefficient (Wildman–Crippen LogP) is 4.39. The first-order valence-electron chi connectivity index (χ1n) is 8.46. The normalized spacial score (nSPS) is 27.3. The van der Waals surface area contributed by atoms with Gasteiger partial charge in [0.25, 0.3) is 0 Å². The Morgan fingerprint density at radius 2 is 2.00 bits per heavy atom. The first-order valence-corrected chi connectivity index (χ1v) is 8.84. The van der Waals surface area contributed by atoms with E-state index in [9.17, 15) is 0 Å². The predicted molar refractivity (Wildman–Crippen MR) is 91.1 cm³/mol. The van der Waals surface area contributed by atoms with Gasteiger partial charge in [-0.2, -0.15) is 0 Å². The van der Waals surface area contributed by atoms with E-state index in [4.69, 9.17) is 17.3 Å². The van der Waals surface area contributed by atoms with E-state index in [1.807, 2.05) is 6.07 Å². The fourth-order valence-electron chi connectivity index (χ4n) is 4.30. The van der Waals surface area contributed by atoms with Gasteiger partial charge in [0.15, 0.2) is 0 Å². The largest absolute Gasteiger partial charge is 0.367 e. The van der Waals surface area contributed by atoms with Crippen LogP contribution < -0.4 is 10.6 Å². The number of rotatable bonds is 3. The second kappa shape index (κ2) is 6.58. The highest BCUT2D eigenvalue weighted by Gasteiger charge is 2.34. The monoisotopic (exact) mass is 306 g/mol. The summed E-state index contributed by atoms with van der Waals surface area (Å²) < 4.78 is 0. The molecule has 0 amide bonds. The molecule has 1 saturated carbocycles. The highest BCUT2D eigenvalue weighted by atomic mass is 35.5.